The number of carbonyl (C=O) groups excluding carboxylic acids is 1. The molecule has 1 fully saturated rings. The summed E-state index contributed by atoms with van der Waals surface area (Å²) < 4.78 is 10.6. The number of benzene rings is 2. The highest BCUT2D eigenvalue weighted by Gasteiger charge is 2.17. The van der Waals surface area contributed by atoms with Gasteiger partial charge in [0.15, 0.2) is 11.5 Å². The molecule has 0 saturated carbocycles. The molecule has 29 heavy (non-hydrogen) atoms. The Bertz CT molecular complexity index is 816. The molecule has 1 heterocycles. The molecule has 3 rings (SSSR count). The summed E-state index contributed by atoms with van der Waals surface area (Å²) in [5, 5.41) is 0. The van der Waals surface area contributed by atoms with Crippen LogP contribution in [0.1, 0.15) is 36.8 Å². The van der Waals surface area contributed by atoms with Crippen molar-refractivity contribution in [1.82, 2.24) is 4.90 Å². The van der Waals surface area contributed by atoms with E-state index in [1.165, 1.54) is 30.5 Å². The highest BCUT2D eigenvalue weighted by atomic mass is 16.5. The van der Waals surface area contributed by atoms with Gasteiger partial charge in [-0.1, -0.05) is 24.3 Å². The molecule has 0 spiro atoms. The lowest BCUT2D eigenvalue weighted by molar-refractivity contribution is -0.130. The molecule has 0 bridgehead atoms. The van der Waals surface area contributed by atoms with E-state index >= 15 is 0 Å². The van der Waals surface area contributed by atoms with Crippen molar-refractivity contribution in [2.45, 2.75) is 38.6 Å². The summed E-state index contributed by atoms with van der Waals surface area (Å²) in [5.74, 6) is 1.54. The third kappa shape index (κ3) is 5.43. The topological polar surface area (TPSA) is 42.0 Å². The van der Waals surface area contributed by atoms with Crippen molar-refractivity contribution < 1.29 is 14.3 Å². The Kier molecular flexibility index (Phi) is 7.39. The molecular formula is C24H32N2O3. The number of ether oxygens (including phenoxy) is 2. The number of rotatable bonds is 8. The lowest BCUT2D eigenvalue weighted by Crippen LogP contribution is -2.32. The van der Waals surface area contributed by atoms with Crippen LogP contribution in [0.5, 0.6) is 11.5 Å². The minimum atomic E-state index is 0.147. The molecule has 0 aliphatic carbocycles. The lowest BCUT2D eigenvalue weighted by Gasteiger charge is -2.31. The molecule has 5 nitrogen and oxygen atoms in total. The van der Waals surface area contributed by atoms with E-state index in [1.54, 1.807) is 14.2 Å². The maximum atomic E-state index is 12.7. The third-order valence-electron chi connectivity index (χ3n) is 5.60. The Balaban J connectivity index is 1.60. The Hall–Kier alpha value is -2.69. The van der Waals surface area contributed by atoms with Crippen LogP contribution in [0.3, 0.4) is 0 Å². The van der Waals surface area contributed by atoms with Gasteiger partial charge in [0.1, 0.15) is 0 Å². The zero-order valence-corrected chi connectivity index (χ0v) is 17.8. The smallest absolute Gasteiger partial charge is 0.222 e. The van der Waals surface area contributed by atoms with Gasteiger partial charge in [-0.2, -0.15) is 0 Å². The van der Waals surface area contributed by atoms with E-state index < -0.39 is 0 Å². The molecule has 0 aromatic heterocycles. The Morgan fingerprint density at radius 2 is 1.72 bits per heavy atom. The molecule has 156 valence electrons. The third-order valence-corrected chi connectivity index (χ3v) is 5.60. The first-order valence-corrected chi connectivity index (χ1v) is 10.4. The molecule has 1 amide bonds. The quantitative estimate of drug-likeness (QED) is 0.668. The Morgan fingerprint density at radius 1 is 1.00 bits per heavy atom. The largest absolute Gasteiger partial charge is 0.493 e. The van der Waals surface area contributed by atoms with Gasteiger partial charge >= 0.3 is 0 Å². The number of methoxy groups -OCH3 is 2. The standard InChI is InChI=1S/C24H32N2O3/c1-25(18-20-9-5-6-10-21(20)26-15-7-4-8-16-26)24(27)14-12-19-11-13-22(28-2)23(17-19)29-3/h5-6,9-11,13,17H,4,7-8,12,14-16,18H2,1-3H3. The van der Waals surface area contributed by atoms with Crippen molar-refractivity contribution in [1.29, 1.82) is 0 Å². The van der Waals surface area contributed by atoms with E-state index in [0.29, 0.717) is 30.9 Å². The van der Waals surface area contributed by atoms with Gasteiger partial charge in [0.25, 0.3) is 0 Å². The number of anilines is 1. The van der Waals surface area contributed by atoms with Crippen molar-refractivity contribution in [3.8, 4) is 11.5 Å². The number of hydrogen-bond donors (Lipinski definition) is 0. The number of aryl methyl sites for hydroxylation is 1. The molecule has 0 N–H and O–H groups in total. The molecule has 1 aliphatic rings. The van der Waals surface area contributed by atoms with E-state index in [2.05, 4.69) is 29.2 Å². The lowest BCUT2D eigenvalue weighted by atomic mass is 10.1. The maximum absolute atomic E-state index is 12.7. The SMILES string of the molecule is COc1ccc(CCC(=O)N(C)Cc2ccccc2N2CCCCC2)cc1OC. The van der Waals surface area contributed by atoms with Crippen LogP contribution in [0, 0.1) is 0 Å². The highest BCUT2D eigenvalue weighted by Crippen LogP contribution is 2.28. The molecule has 1 saturated heterocycles. The van der Waals surface area contributed by atoms with E-state index in [9.17, 15) is 4.79 Å². The minimum Gasteiger partial charge on any atom is -0.493 e. The molecule has 1 aliphatic heterocycles. The predicted molar refractivity (Wildman–Crippen MR) is 117 cm³/mol. The van der Waals surface area contributed by atoms with E-state index in [0.717, 1.165) is 18.7 Å². The predicted octanol–water partition coefficient (Wildman–Crippen LogP) is 4.29. The first kappa shape index (κ1) is 21.0. The highest BCUT2D eigenvalue weighted by molar-refractivity contribution is 5.76. The van der Waals surface area contributed by atoms with Crippen molar-refractivity contribution >= 4 is 11.6 Å². The fourth-order valence-electron chi connectivity index (χ4n) is 3.91. The second kappa shape index (κ2) is 10.2. The van der Waals surface area contributed by atoms with Crippen molar-refractivity contribution in [3.05, 3.63) is 53.6 Å². The molecule has 2 aromatic carbocycles. The summed E-state index contributed by atoms with van der Waals surface area (Å²) in [7, 11) is 5.14. The number of carbonyl (C=O) groups is 1. The van der Waals surface area contributed by atoms with E-state index in [4.69, 9.17) is 9.47 Å². The molecule has 0 unspecified atom stereocenters. The molecule has 2 aromatic rings. The van der Waals surface area contributed by atoms with Crippen LogP contribution in [0.2, 0.25) is 0 Å². The zero-order valence-electron chi connectivity index (χ0n) is 17.8. The van der Waals surface area contributed by atoms with Gasteiger partial charge in [-0.25, -0.2) is 0 Å². The van der Waals surface area contributed by atoms with Gasteiger partial charge in [0, 0.05) is 38.8 Å². The van der Waals surface area contributed by atoms with Crippen LogP contribution in [0.25, 0.3) is 0 Å². The van der Waals surface area contributed by atoms with Crippen molar-refractivity contribution in [2.75, 3.05) is 39.3 Å². The van der Waals surface area contributed by atoms with Crippen LogP contribution in [0.4, 0.5) is 5.69 Å². The molecular weight excluding hydrogens is 364 g/mol. The minimum absolute atomic E-state index is 0.147. The molecule has 0 atom stereocenters. The summed E-state index contributed by atoms with van der Waals surface area (Å²) in [4.78, 5) is 17.0. The monoisotopic (exact) mass is 396 g/mol. The Morgan fingerprint density at radius 3 is 2.45 bits per heavy atom. The summed E-state index contributed by atoms with van der Waals surface area (Å²) in [5.41, 5.74) is 3.56. The molecule has 5 heteroatoms. The van der Waals surface area contributed by atoms with Gasteiger partial charge in [-0.05, 0) is 55.0 Å². The normalized spacial score (nSPS) is 13.8. The second-order valence-corrected chi connectivity index (χ2v) is 7.62. The number of hydrogen-bond acceptors (Lipinski definition) is 4. The number of amides is 1. The van der Waals surface area contributed by atoms with E-state index in [1.807, 2.05) is 30.1 Å². The van der Waals surface area contributed by atoms with Crippen LogP contribution >= 0.6 is 0 Å². The van der Waals surface area contributed by atoms with Crippen LogP contribution in [-0.4, -0.2) is 45.2 Å². The number of nitrogens with zero attached hydrogens (tertiary/aromatic N) is 2. The van der Waals surface area contributed by atoms with Crippen LogP contribution in [-0.2, 0) is 17.8 Å². The fourth-order valence-corrected chi connectivity index (χ4v) is 3.91. The summed E-state index contributed by atoms with van der Waals surface area (Å²) in [6.07, 6.45) is 4.95. The van der Waals surface area contributed by atoms with Crippen molar-refractivity contribution in [3.63, 3.8) is 0 Å². The van der Waals surface area contributed by atoms with Crippen molar-refractivity contribution in [2.24, 2.45) is 0 Å². The fraction of sp³-hybridized carbons (Fsp3) is 0.458. The van der Waals surface area contributed by atoms with Gasteiger partial charge in [0.2, 0.25) is 5.91 Å². The van der Waals surface area contributed by atoms with Crippen LogP contribution < -0.4 is 14.4 Å². The average molecular weight is 397 g/mol. The average Bonchev–Trinajstić information content (AvgIpc) is 2.78. The summed E-state index contributed by atoms with van der Waals surface area (Å²) in [6, 6.07) is 14.3. The van der Waals surface area contributed by atoms with E-state index in [-0.39, 0.29) is 5.91 Å². The van der Waals surface area contributed by atoms with Crippen LogP contribution in [0.15, 0.2) is 42.5 Å². The van der Waals surface area contributed by atoms with Gasteiger partial charge in [-0.15, -0.1) is 0 Å². The van der Waals surface area contributed by atoms with Gasteiger partial charge in [-0.3, -0.25) is 4.79 Å². The number of piperidine rings is 1. The molecule has 0 radical (unpaired) electrons. The second-order valence-electron chi connectivity index (χ2n) is 7.62. The van der Waals surface area contributed by atoms with Gasteiger partial charge < -0.3 is 19.3 Å². The number of para-hydroxylation sites is 1. The maximum Gasteiger partial charge on any atom is 0.222 e. The first-order chi connectivity index (χ1) is 14.1. The zero-order chi connectivity index (χ0) is 20.6. The summed E-state index contributed by atoms with van der Waals surface area (Å²) in [6.45, 7) is 2.85. The Labute approximate surface area is 174 Å². The summed E-state index contributed by atoms with van der Waals surface area (Å²) >= 11 is 0. The van der Waals surface area contributed by atoms with Gasteiger partial charge in [0.05, 0.1) is 14.2 Å². The first-order valence-electron chi connectivity index (χ1n) is 10.4.